The minimum Gasteiger partial charge on any atom is -0.347 e. The van der Waals surface area contributed by atoms with E-state index in [1.54, 1.807) is 5.38 Å². The maximum atomic E-state index is 13.1. The van der Waals surface area contributed by atoms with E-state index in [0.717, 1.165) is 30.6 Å². The molecule has 0 saturated heterocycles. The van der Waals surface area contributed by atoms with E-state index in [1.165, 1.54) is 6.07 Å². The monoisotopic (exact) mass is 291 g/mol. The molecule has 1 N–H and O–H groups in total. The summed E-state index contributed by atoms with van der Waals surface area (Å²) in [6, 6.07) is 1.46. The number of amides is 1. The SMILES string of the molecule is O=C(NC1CCCC1Br)c1sccc1F. The first kappa shape index (κ1) is 11.1. The zero-order valence-corrected chi connectivity index (χ0v) is 10.4. The van der Waals surface area contributed by atoms with Crippen LogP contribution >= 0.6 is 27.3 Å². The lowest BCUT2D eigenvalue weighted by Crippen LogP contribution is -2.37. The number of rotatable bonds is 2. The molecule has 0 bridgehead atoms. The van der Waals surface area contributed by atoms with Crippen LogP contribution in [-0.4, -0.2) is 16.8 Å². The summed E-state index contributed by atoms with van der Waals surface area (Å²) in [4.78, 5) is 12.2. The molecule has 1 aliphatic carbocycles. The van der Waals surface area contributed by atoms with Gasteiger partial charge in [-0.1, -0.05) is 22.4 Å². The molecule has 1 aromatic heterocycles. The number of hydrogen-bond acceptors (Lipinski definition) is 2. The van der Waals surface area contributed by atoms with Crippen molar-refractivity contribution in [2.24, 2.45) is 0 Å². The number of hydrogen-bond donors (Lipinski definition) is 1. The van der Waals surface area contributed by atoms with Gasteiger partial charge in [0.15, 0.2) is 0 Å². The molecule has 2 nitrogen and oxygen atoms in total. The summed E-state index contributed by atoms with van der Waals surface area (Å²) in [5, 5.41) is 4.44. The fraction of sp³-hybridized carbons (Fsp3) is 0.500. The van der Waals surface area contributed by atoms with Crippen molar-refractivity contribution in [2.45, 2.75) is 30.1 Å². The second kappa shape index (κ2) is 4.61. The second-order valence-corrected chi connectivity index (χ2v) is 5.72. The van der Waals surface area contributed by atoms with Gasteiger partial charge >= 0.3 is 0 Å². The first-order chi connectivity index (χ1) is 7.18. The number of thiophene rings is 1. The Kier molecular flexibility index (Phi) is 3.41. The molecular weight excluding hydrogens is 281 g/mol. The Hall–Kier alpha value is -0.420. The highest BCUT2D eigenvalue weighted by Gasteiger charge is 2.27. The van der Waals surface area contributed by atoms with Crippen molar-refractivity contribution >= 4 is 33.2 Å². The maximum Gasteiger partial charge on any atom is 0.264 e. The third-order valence-electron chi connectivity index (χ3n) is 2.57. The molecule has 1 aliphatic rings. The molecule has 2 rings (SSSR count). The Labute approximate surface area is 100 Å². The third kappa shape index (κ3) is 2.39. The van der Waals surface area contributed by atoms with Gasteiger partial charge in [-0.25, -0.2) is 4.39 Å². The van der Waals surface area contributed by atoms with E-state index in [4.69, 9.17) is 0 Å². The Morgan fingerprint density at radius 1 is 1.60 bits per heavy atom. The molecule has 2 atom stereocenters. The molecular formula is C10H11BrFNOS. The summed E-state index contributed by atoms with van der Waals surface area (Å²) in [7, 11) is 0. The van der Waals surface area contributed by atoms with Crippen molar-refractivity contribution < 1.29 is 9.18 Å². The maximum absolute atomic E-state index is 13.1. The van der Waals surface area contributed by atoms with Crippen LogP contribution in [-0.2, 0) is 0 Å². The zero-order chi connectivity index (χ0) is 10.8. The van der Waals surface area contributed by atoms with Crippen LogP contribution in [0.25, 0.3) is 0 Å². The smallest absolute Gasteiger partial charge is 0.264 e. The lowest BCUT2D eigenvalue weighted by molar-refractivity contribution is 0.0939. The van der Waals surface area contributed by atoms with Crippen molar-refractivity contribution in [3.63, 3.8) is 0 Å². The molecule has 0 aliphatic heterocycles. The molecule has 0 radical (unpaired) electrons. The zero-order valence-electron chi connectivity index (χ0n) is 8.00. The van der Waals surface area contributed by atoms with Gasteiger partial charge in [0.2, 0.25) is 0 Å². The summed E-state index contributed by atoms with van der Waals surface area (Å²) < 4.78 is 13.1. The largest absolute Gasteiger partial charge is 0.347 e. The predicted octanol–water partition coefficient (Wildman–Crippen LogP) is 2.93. The van der Waals surface area contributed by atoms with E-state index in [1.807, 2.05) is 0 Å². The Morgan fingerprint density at radius 2 is 2.40 bits per heavy atom. The Balaban J connectivity index is 2.01. The van der Waals surface area contributed by atoms with Crippen LogP contribution < -0.4 is 5.32 Å². The average Bonchev–Trinajstić information content (AvgIpc) is 2.76. The van der Waals surface area contributed by atoms with Gasteiger partial charge in [-0.3, -0.25) is 4.79 Å². The van der Waals surface area contributed by atoms with Crippen LogP contribution in [0.2, 0.25) is 0 Å². The molecule has 2 unspecified atom stereocenters. The first-order valence-electron chi connectivity index (χ1n) is 4.86. The summed E-state index contributed by atoms with van der Waals surface area (Å²) >= 11 is 4.65. The van der Waals surface area contributed by atoms with Crippen molar-refractivity contribution in [1.29, 1.82) is 0 Å². The lowest BCUT2D eigenvalue weighted by Gasteiger charge is -2.15. The van der Waals surface area contributed by atoms with E-state index in [2.05, 4.69) is 21.2 Å². The van der Waals surface area contributed by atoms with E-state index >= 15 is 0 Å². The van der Waals surface area contributed by atoms with Crippen LogP contribution in [0.15, 0.2) is 11.4 Å². The molecule has 1 amide bonds. The normalized spacial score (nSPS) is 25.5. The van der Waals surface area contributed by atoms with Gasteiger partial charge in [-0.15, -0.1) is 11.3 Å². The highest BCUT2D eigenvalue weighted by Crippen LogP contribution is 2.26. The van der Waals surface area contributed by atoms with E-state index in [0.29, 0.717) is 4.83 Å². The molecule has 5 heteroatoms. The summed E-state index contributed by atoms with van der Waals surface area (Å²) in [6.45, 7) is 0. The minimum absolute atomic E-state index is 0.138. The van der Waals surface area contributed by atoms with Gasteiger partial charge in [0, 0.05) is 10.9 Å². The predicted molar refractivity (Wildman–Crippen MR) is 62.1 cm³/mol. The number of nitrogens with one attached hydrogen (secondary N) is 1. The molecule has 1 saturated carbocycles. The fourth-order valence-electron chi connectivity index (χ4n) is 1.77. The van der Waals surface area contributed by atoms with Crippen LogP contribution in [0.4, 0.5) is 4.39 Å². The quantitative estimate of drug-likeness (QED) is 0.834. The van der Waals surface area contributed by atoms with Crippen LogP contribution in [0, 0.1) is 5.82 Å². The Morgan fingerprint density at radius 3 is 2.93 bits per heavy atom. The standard InChI is InChI=1S/C10H11BrFNOS/c11-6-2-1-3-8(6)13-10(14)9-7(12)4-5-15-9/h4-6,8H,1-3H2,(H,13,14). The van der Waals surface area contributed by atoms with Crippen molar-refractivity contribution in [3.05, 3.63) is 22.1 Å². The van der Waals surface area contributed by atoms with Crippen LogP contribution in [0.1, 0.15) is 28.9 Å². The first-order valence-corrected chi connectivity index (χ1v) is 6.66. The highest BCUT2D eigenvalue weighted by atomic mass is 79.9. The van der Waals surface area contributed by atoms with Crippen LogP contribution in [0.3, 0.4) is 0 Å². The molecule has 0 aromatic carbocycles. The lowest BCUT2D eigenvalue weighted by atomic mass is 10.2. The number of alkyl halides is 1. The highest BCUT2D eigenvalue weighted by molar-refractivity contribution is 9.09. The topological polar surface area (TPSA) is 29.1 Å². The van der Waals surface area contributed by atoms with Gasteiger partial charge in [0.25, 0.3) is 5.91 Å². The van der Waals surface area contributed by atoms with Crippen molar-refractivity contribution in [3.8, 4) is 0 Å². The van der Waals surface area contributed by atoms with E-state index in [9.17, 15) is 9.18 Å². The van der Waals surface area contributed by atoms with Crippen molar-refractivity contribution in [1.82, 2.24) is 5.32 Å². The molecule has 82 valence electrons. The number of carbonyl (C=O) groups excluding carboxylic acids is 1. The van der Waals surface area contributed by atoms with Gasteiger partial charge in [-0.2, -0.15) is 0 Å². The third-order valence-corrected chi connectivity index (χ3v) is 4.56. The molecule has 15 heavy (non-hydrogen) atoms. The van der Waals surface area contributed by atoms with Crippen molar-refractivity contribution in [2.75, 3.05) is 0 Å². The van der Waals surface area contributed by atoms with Crippen LogP contribution in [0.5, 0.6) is 0 Å². The second-order valence-electron chi connectivity index (χ2n) is 3.62. The molecule has 0 spiro atoms. The van der Waals surface area contributed by atoms with Gasteiger partial charge in [0.1, 0.15) is 10.7 Å². The summed E-state index contributed by atoms with van der Waals surface area (Å²) in [6.07, 6.45) is 3.14. The molecule has 1 aromatic rings. The molecule has 1 heterocycles. The molecule has 1 fully saturated rings. The summed E-state index contributed by atoms with van der Waals surface area (Å²) in [5.41, 5.74) is 0. The summed E-state index contributed by atoms with van der Waals surface area (Å²) in [5.74, 6) is -0.722. The minimum atomic E-state index is -0.429. The van der Waals surface area contributed by atoms with E-state index in [-0.39, 0.29) is 16.8 Å². The Bertz CT molecular complexity index is 368. The fourth-order valence-corrected chi connectivity index (χ4v) is 3.16. The van der Waals surface area contributed by atoms with Gasteiger partial charge in [-0.05, 0) is 24.3 Å². The number of halogens is 2. The van der Waals surface area contributed by atoms with Gasteiger partial charge in [0.05, 0.1) is 0 Å². The average molecular weight is 292 g/mol. The van der Waals surface area contributed by atoms with Gasteiger partial charge < -0.3 is 5.32 Å². The number of carbonyl (C=O) groups is 1. The van der Waals surface area contributed by atoms with E-state index < -0.39 is 5.82 Å².